The molecule has 0 bridgehead atoms. The molecule has 3 rings (SSSR count). The minimum Gasteiger partial charge on any atom is -0.493 e. The molecule has 0 aliphatic carbocycles. The van der Waals surface area contributed by atoms with Crippen LogP contribution >= 0.6 is 0 Å². The third kappa shape index (κ3) is 6.45. The molecular weight excluding hydrogens is 417 g/mol. The van der Waals surface area contributed by atoms with Gasteiger partial charge in [0, 0.05) is 25.6 Å². The minimum atomic E-state index is -4.42. The molecule has 2 heterocycles. The van der Waals surface area contributed by atoms with Crippen molar-refractivity contribution >= 4 is 11.8 Å². The number of carbonyl (C=O) groups is 2. The van der Waals surface area contributed by atoms with Crippen molar-refractivity contribution in [2.24, 2.45) is 0 Å². The summed E-state index contributed by atoms with van der Waals surface area (Å²) >= 11 is 0. The molecule has 31 heavy (non-hydrogen) atoms. The number of halogens is 3. The van der Waals surface area contributed by atoms with Crippen LogP contribution in [0.2, 0.25) is 0 Å². The smallest absolute Gasteiger partial charge is 0.416 e. The topological polar surface area (TPSA) is 96.5 Å². The monoisotopic (exact) mass is 440 g/mol. The van der Waals surface area contributed by atoms with E-state index in [0.717, 1.165) is 17.8 Å². The minimum absolute atomic E-state index is 0.0687. The summed E-state index contributed by atoms with van der Waals surface area (Å²) in [5.74, 6) is -0.338. The Labute approximate surface area is 176 Å². The molecule has 0 unspecified atom stereocenters. The van der Waals surface area contributed by atoms with E-state index < -0.39 is 17.8 Å². The molecule has 8 nitrogen and oxygen atoms in total. The van der Waals surface area contributed by atoms with E-state index in [-0.39, 0.29) is 30.7 Å². The van der Waals surface area contributed by atoms with Crippen LogP contribution in [0.25, 0.3) is 0 Å². The standard InChI is InChI=1S/C20H23F3N4O4/c1-13(28)24-11-19(29)27-6-8-31-18(12-27)17-10-15(25-26-17)5-7-30-16-4-2-3-14(9-16)20(21,22)23/h2-4,9-10,18H,5-8,11-12H2,1H3,(H,24,28)(H,25,26)/t18-/m1/s1. The molecule has 168 valence electrons. The van der Waals surface area contributed by atoms with Gasteiger partial charge in [0.05, 0.1) is 37.6 Å². The van der Waals surface area contributed by atoms with E-state index in [2.05, 4.69) is 15.5 Å². The van der Waals surface area contributed by atoms with Crippen molar-refractivity contribution in [1.82, 2.24) is 20.4 Å². The Morgan fingerprint density at radius 1 is 1.35 bits per heavy atom. The van der Waals surface area contributed by atoms with Gasteiger partial charge in [-0.05, 0) is 24.3 Å². The van der Waals surface area contributed by atoms with E-state index in [4.69, 9.17) is 9.47 Å². The van der Waals surface area contributed by atoms with E-state index >= 15 is 0 Å². The van der Waals surface area contributed by atoms with Crippen LogP contribution in [-0.2, 0) is 26.9 Å². The predicted molar refractivity (Wildman–Crippen MR) is 103 cm³/mol. The zero-order chi connectivity index (χ0) is 22.4. The summed E-state index contributed by atoms with van der Waals surface area (Å²) in [7, 11) is 0. The molecular formula is C20H23F3N4O4. The quantitative estimate of drug-likeness (QED) is 0.687. The van der Waals surface area contributed by atoms with Gasteiger partial charge in [-0.15, -0.1) is 0 Å². The number of nitrogens with zero attached hydrogens (tertiary/aromatic N) is 2. The SMILES string of the molecule is CC(=O)NCC(=O)N1CCO[C@@H](c2cc(CCOc3cccc(C(F)(F)F)c3)[nH]n2)C1. The second-order valence-electron chi connectivity index (χ2n) is 7.05. The summed E-state index contributed by atoms with van der Waals surface area (Å²) in [5.41, 5.74) is 0.583. The van der Waals surface area contributed by atoms with Gasteiger partial charge in [0.1, 0.15) is 11.9 Å². The molecule has 1 aromatic heterocycles. The Hall–Kier alpha value is -3.08. The molecule has 1 saturated heterocycles. The summed E-state index contributed by atoms with van der Waals surface area (Å²) < 4.78 is 49.4. The third-order valence-corrected chi connectivity index (χ3v) is 4.69. The number of hydrogen-bond donors (Lipinski definition) is 2. The van der Waals surface area contributed by atoms with Gasteiger partial charge in [-0.1, -0.05) is 6.07 Å². The number of aromatic nitrogens is 2. The maximum absolute atomic E-state index is 12.8. The van der Waals surface area contributed by atoms with Gasteiger partial charge in [0.25, 0.3) is 0 Å². The molecule has 1 fully saturated rings. The number of hydrogen-bond acceptors (Lipinski definition) is 5. The van der Waals surface area contributed by atoms with E-state index in [1.807, 2.05) is 0 Å². The summed E-state index contributed by atoms with van der Waals surface area (Å²) in [6.45, 7) is 2.52. The van der Waals surface area contributed by atoms with E-state index in [1.54, 1.807) is 11.0 Å². The fourth-order valence-corrected chi connectivity index (χ4v) is 3.08. The number of aromatic amines is 1. The highest BCUT2D eigenvalue weighted by Crippen LogP contribution is 2.31. The first-order valence-electron chi connectivity index (χ1n) is 9.70. The van der Waals surface area contributed by atoms with Crippen molar-refractivity contribution < 1.29 is 32.2 Å². The zero-order valence-corrected chi connectivity index (χ0v) is 16.9. The first kappa shape index (κ1) is 22.6. The van der Waals surface area contributed by atoms with Crippen molar-refractivity contribution in [3.05, 3.63) is 47.3 Å². The van der Waals surface area contributed by atoms with Gasteiger partial charge >= 0.3 is 6.18 Å². The molecule has 1 aliphatic heterocycles. The number of ether oxygens (including phenoxy) is 2. The highest BCUT2D eigenvalue weighted by Gasteiger charge is 2.30. The van der Waals surface area contributed by atoms with Gasteiger partial charge in [-0.25, -0.2) is 0 Å². The summed E-state index contributed by atoms with van der Waals surface area (Å²) in [4.78, 5) is 24.8. The van der Waals surface area contributed by atoms with Crippen molar-refractivity contribution in [1.29, 1.82) is 0 Å². The summed E-state index contributed by atoms with van der Waals surface area (Å²) in [5, 5.41) is 9.56. The highest BCUT2D eigenvalue weighted by molar-refractivity contribution is 5.83. The third-order valence-electron chi connectivity index (χ3n) is 4.69. The number of morpholine rings is 1. The molecule has 0 saturated carbocycles. The molecule has 2 aromatic rings. The van der Waals surface area contributed by atoms with Crippen LogP contribution in [0.15, 0.2) is 30.3 Å². The lowest BCUT2D eigenvalue weighted by atomic mass is 10.2. The lowest BCUT2D eigenvalue weighted by Crippen LogP contribution is -2.46. The van der Waals surface area contributed by atoms with E-state index in [9.17, 15) is 22.8 Å². The van der Waals surface area contributed by atoms with Crippen LogP contribution in [0.3, 0.4) is 0 Å². The molecule has 2 N–H and O–H groups in total. The normalized spacial score (nSPS) is 16.8. The van der Waals surface area contributed by atoms with Crippen molar-refractivity contribution in [2.45, 2.75) is 25.6 Å². The fraction of sp³-hybridized carbons (Fsp3) is 0.450. The fourth-order valence-electron chi connectivity index (χ4n) is 3.08. The number of benzene rings is 1. The van der Waals surface area contributed by atoms with Gasteiger partial charge < -0.3 is 19.7 Å². The number of amides is 2. The lowest BCUT2D eigenvalue weighted by molar-refractivity contribution is -0.139. The number of H-pyrrole nitrogens is 1. The molecule has 0 spiro atoms. The molecule has 1 atom stereocenters. The van der Waals surface area contributed by atoms with Crippen LogP contribution in [0.4, 0.5) is 13.2 Å². The van der Waals surface area contributed by atoms with Crippen LogP contribution in [-0.4, -0.2) is 59.8 Å². The Kier molecular flexibility index (Phi) is 7.16. The van der Waals surface area contributed by atoms with Gasteiger partial charge in [-0.2, -0.15) is 18.3 Å². The summed E-state index contributed by atoms with van der Waals surface area (Å²) in [6, 6.07) is 6.49. The van der Waals surface area contributed by atoms with E-state index in [0.29, 0.717) is 31.8 Å². The average molecular weight is 440 g/mol. The Morgan fingerprint density at radius 3 is 2.90 bits per heavy atom. The zero-order valence-electron chi connectivity index (χ0n) is 16.9. The maximum Gasteiger partial charge on any atom is 0.416 e. The molecule has 0 radical (unpaired) electrons. The highest BCUT2D eigenvalue weighted by atomic mass is 19.4. The lowest BCUT2D eigenvalue weighted by Gasteiger charge is -2.32. The largest absolute Gasteiger partial charge is 0.493 e. The van der Waals surface area contributed by atoms with Crippen molar-refractivity contribution in [3.8, 4) is 5.75 Å². The number of nitrogens with one attached hydrogen (secondary N) is 2. The Bertz CT molecular complexity index is 916. The van der Waals surface area contributed by atoms with Crippen LogP contribution < -0.4 is 10.1 Å². The molecule has 11 heteroatoms. The molecule has 1 aromatic carbocycles. The van der Waals surface area contributed by atoms with Gasteiger partial charge in [0.2, 0.25) is 11.8 Å². The number of alkyl halides is 3. The van der Waals surface area contributed by atoms with Crippen LogP contribution in [0, 0.1) is 0 Å². The Morgan fingerprint density at radius 2 is 2.16 bits per heavy atom. The Balaban J connectivity index is 1.51. The second-order valence-corrected chi connectivity index (χ2v) is 7.05. The molecule has 1 aliphatic rings. The summed E-state index contributed by atoms with van der Waals surface area (Å²) in [6.07, 6.45) is -4.43. The van der Waals surface area contributed by atoms with Crippen LogP contribution in [0.5, 0.6) is 5.75 Å². The molecule has 2 amide bonds. The maximum atomic E-state index is 12.8. The number of rotatable bonds is 7. The van der Waals surface area contributed by atoms with Gasteiger partial charge in [0.15, 0.2) is 0 Å². The first-order chi connectivity index (χ1) is 14.7. The average Bonchev–Trinajstić information content (AvgIpc) is 3.21. The predicted octanol–water partition coefficient (Wildman–Crippen LogP) is 2.09. The first-order valence-corrected chi connectivity index (χ1v) is 9.70. The van der Waals surface area contributed by atoms with Crippen molar-refractivity contribution in [3.63, 3.8) is 0 Å². The van der Waals surface area contributed by atoms with E-state index in [1.165, 1.54) is 19.1 Å². The number of carbonyl (C=O) groups excluding carboxylic acids is 2. The van der Waals surface area contributed by atoms with Gasteiger partial charge in [-0.3, -0.25) is 14.7 Å². The van der Waals surface area contributed by atoms with Crippen molar-refractivity contribution in [2.75, 3.05) is 32.8 Å². The van der Waals surface area contributed by atoms with Crippen LogP contribution in [0.1, 0.15) is 30.0 Å². The second kappa shape index (κ2) is 9.82.